The van der Waals surface area contributed by atoms with E-state index >= 15 is 0 Å². The Balaban J connectivity index is 1.75. The first-order chi connectivity index (χ1) is 16.8. The second-order valence-electron chi connectivity index (χ2n) is 8.30. The van der Waals surface area contributed by atoms with Crippen LogP contribution >= 0.6 is 0 Å². The Hall–Kier alpha value is -4.00. The molecular formula is C27H27N5O2. The second-order valence-corrected chi connectivity index (χ2v) is 8.30. The highest BCUT2D eigenvalue weighted by molar-refractivity contribution is 5.99. The molecule has 7 heteroatoms. The average molecular weight is 454 g/mol. The zero-order valence-corrected chi connectivity index (χ0v) is 19.4. The molecule has 0 radical (unpaired) electrons. The highest BCUT2D eigenvalue weighted by Crippen LogP contribution is 2.42. The van der Waals surface area contributed by atoms with E-state index in [1.807, 2.05) is 60.7 Å². The van der Waals surface area contributed by atoms with E-state index < -0.39 is 6.10 Å². The van der Waals surface area contributed by atoms with E-state index in [4.69, 9.17) is 9.26 Å². The topological polar surface area (TPSA) is 89.7 Å². The number of hydrogen-bond acceptors (Lipinski definition) is 6. The molecule has 1 N–H and O–H groups in total. The first-order valence-electron chi connectivity index (χ1n) is 11.7. The Labute approximate surface area is 198 Å². The SMILES string of the molecule is CCCc1cc(CCC)c2onc(-c3ccccc3)c2c1OC(c1ccccc1)c1nn[nH]n1. The maximum Gasteiger partial charge on any atom is 0.219 e. The van der Waals surface area contributed by atoms with E-state index in [0.717, 1.165) is 70.3 Å². The van der Waals surface area contributed by atoms with Gasteiger partial charge in [-0.3, -0.25) is 0 Å². The molecule has 3 aromatic carbocycles. The fourth-order valence-electron chi connectivity index (χ4n) is 4.36. The van der Waals surface area contributed by atoms with Gasteiger partial charge in [0.15, 0.2) is 11.7 Å². The molecule has 0 bridgehead atoms. The number of nitrogens with one attached hydrogen (secondary N) is 1. The lowest BCUT2D eigenvalue weighted by molar-refractivity contribution is 0.237. The zero-order chi connectivity index (χ0) is 23.3. The van der Waals surface area contributed by atoms with Crippen molar-refractivity contribution in [3.63, 3.8) is 0 Å². The van der Waals surface area contributed by atoms with Crippen molar-refractivity contribution in [1.29, 1.82) is 0 Å². The number of benzene rings is 3. The number of H-pyrrole nitrogens is 1. The number of aromatic nitrogens is 5. The van der Waals surface area contributed by atoms with E-state index in [1.165, 1.54) is 0 Å². The Morgan fingerprint density at radius 3 is 2.29 bits per heavy atom. The minimum atomic E-state index is -0.533. The molecule has 0 amide bonds. The van der Waals surface area contributed by atoms with Crippen molar-refractivity contribution in [2.24, 2.45) is 0 Å². The first kappa shape index (κ1) is 21.8. The fourth-order valence-corrected chi connectivity index (χ4v) is 4.36. The molecule has 0 fully saturated rings. The number of aryl methyl sites for hydroxylation is 2. The lowest BCUT2D eigenvalue weighted by Gasteiger charge is -2.21. The summed E-state index contributed by atoms with van der Waals surface area (Å²) in [7, 11) is 0. The minimum Gasteiger partial charge on any atom is -0.476 e. The first-order valence-corrected chi connectivity index (χ1v) is 11.7. The molecule has 172 valence electrons. The molecule has 1 unspecified atom stereocenters. The minimum absolute atomic E-state index is 0.470. The van der Waals surface area contributed by atoms with Crippen molar-refractivity contribution in [2.45, 2.75) is 45.6 Å². The summed E-state index contributed by atoms with van der Waals surface area (Å²) < 4.78 is 12.8. The van der Waals surface area contributed by atoms with Gasteiger partial charge in [0.25, 0.3) is 0 Å². The predicted octanol–water partition coefficient (Wildman–Crippen LogP) is 6.08. The summed E-state index contributed by atoms with van der Waals surface area (Å²) in [6.07, 6.45) is 3.24. The third-order valence-electron chi connectivity index (χ3n) is 5.87. The molecule has 0 saturated heterocycles. The maximum atomic E-state index is 6.81. The van der Waals surface area contributed by atoms with E-state index in [1.54, 1.807) is 0 Å². The van der Waals surface area contributed by atoms with Gasteiger partial charge in [0.1, 0.15) is 11.4 Å². The number of hydrogen-bond donors (Lipinski definition) is 1. The van der Waals surface area contributed by atoms with E-state index in [2.05, 4.69) is 45.7 Å². The van der Waals surface area contributed by atoms with Gasteiger partial charge in [0.2, 0.25) is 5.82 Å². The van der Waals surface area contributed by atoms with Crippen molar-refractivity contribution in [3.8, 4) is 17.0 Å². The third-order valence-corrected chi connectivity index (χ3v) is 5.87. The van der Waals surface area contributed by atoms with E-state index in [-0.39, 0.29) is 0 Å². The van der Waals surface area contributed by atoms with Crippen LogP contribution in [0.5, 0.6) is 5.75 Å². The normalized spacial score (nSPS) is 12.2. The van der Waals surface area contributed by atoms with Gasteiger partial charge < -0.3 is 9.26 Å². The number of rotatable bonds is 9. The molecule has 0 spiro atoms. The summed E-state index contributed by atoms with van der Waals surface area (Å²) >= 11 is 0. The van der Waals surface area contributed by atoms with Gasteiger partial charge in [0.05, 0.1) is 5.39 Å². The molecule has 2 aromatic heterocycles. The monoisotopic (exact) mass is 453 g/mol. The molecule has 2 heterocycles. The standard InChI is InChI=1S/C27H27N5O2/c1-3-11-20-17-21(12-4-2)25-22(23(30-34-25)18-13-7-5-8-14-18)24(20)33-26(27-28-31-32-29-27)19-15-9-6-10-16-19/h5-10,13-17,26H,3-4,11-12H2,1-2H3,(H,28,29,31,32). The van der Waals surface area contributed by atoms with E-state index in [9.17, 15) is 0 Å². The predicted molar refractivity (Wildman–Crippen MR) is 131 cm³/mol. The maximum absolute atomic E-state index is 6.81. The molecule has 0 aliphatic heterocycles. The highest BCUT2D eigenvalue weighted by Gasteiger charge is 2.27. The molecule has 7 nitrogen and oxygen atoms in total. The molecular weight excluding hydrogens is 426 g/mol. The molecule has 0 aliphatic carbocycles. The Bertz CT molecular complexity index is 1350. The summed E-state index contributed by atoms with van der Waals surface area (Å²) in [4.78, 5) is 0. The smallest absolute Gasteiger partial charge is 0.219 e. The second kappa shape index (κ2) is 9.87. The van der Waals surface area contributed by atoms with Crippen LogP contribution in [0.25, 0.3) is 22.2 Å². The van der Waals surface area contributed by atoms with Crippen molar-refractivity contribution >= 4 is 11.0 Å². The van der Waals surface area contributed by atoms with Gasteiger partial charge in [-0.2, -0.15) is 5.21 Å². The van der Waals surface area contributed by atoms with Crippen LogP contribution in [0.4, 0.5) is 0 Å². The summed E-state index contributed by atoms with van der Waals surface area (Å²) in [6.45, 7) is 4.35. The summed E-state index contributed by atoms with van der Waals surface area (Å²) in [5.74, 6) is 1.23. The van der Waals surface area contributed by atoms with Crippen LogP contribution < -0.4 is 4.74 Å². The molecule has 5 rings (SSSR count). The van der Waals surface area contributed by atoms with Crippen LogP contribution in [0.3, 0.4) is 0 Å². The van der Waals surface area contributed by atoms with Crippen LogP contribution in [-0.2, 0) is 12.8 Å². The van der Waals surface area contributed by atoms with Crippen LogP contribution in [0.15, 0.2) is 71.3 Å². The summed E-state index contributed by atoms with van der Waals surface area (Å²) in [5.41, 5.74) is 5.76. The van der Waals surface area contributed by atoms with Crippen LogP contribution in [0.1, 0.15) is 55.3 Å². The summed E-state index contributed by atoms with van der Waals surface area (Å²) in [5, 5.41) is 20.2. The van der Waals surface area contributed by atoms with Gasteiger partial charge >= 0.3 is 0 Å². The van der Waals surface area contributed by atoms with E-state index in [0.29, 0.717) is 5.82 Å². The van der Waals surface area contributed by atoms with Gasteiger partial charge in [0, 0.05) is 11.1 Å². The van der Waals surface area contributed by atoms with Crippen molar-refractivity contribution in [3.05, 3.63) is 89.2 Å². The largest absolute Gasteiger partial charge is 0.476 e. The van der Waals surface area contributed by atoms with Crippen molar-refractivity contribution in [1.82, 2.24) is 25.8 Å². The highest BCUT2D eigenvalue weighted by atomic mass is 16.5. The number of tetrazole rings is 1. The van der Waals surface area contributed by atoms with Gasteiger partial charge in [-0.15, -0.1) is 10.2 Å². The van der Waals surface area contributed by atoms with Crippen molar-refractivity contribution in [2.75, 3.05) is 0 Å². The molecule has 0 saturated carbocycles. The number of ether oxygens (including phenoxy) is 1. The lowest BCUT2D eigenvalue weighted by atomic mass is 9.96. The molecule has 34 heavy (non-hydrogen) atoms. The van der Waals surface area contributed by atoms with Gasteiger partial charge in [-0.25, -0.2) is 0 Å². The number of fused-ring (bicyclic) bond motifs is 1. The van der Waals surface area contributed by atoms with Crippen LogP contribution in [0.2, 0.25) is 0 Å². The zero-order valence-electron chi connectivity index (χ0n) is 19.4. The fraction of sp³-hybridized carbons (Fsp3) is 0.259. The number of aromatic amines is 1. The molecule has 0 aliphatic rings. The Morgan fingerprint density at radius 1 is 0.912 bits per heavy atom. The van der Waals surface area contributed by atoms with Crippen molar-refractivity contribution < 1.29 is 9.26 Å². The van der Waals surface area contributed by atoms with Gasteiger partial charge in [-0.05, 0) is 30.0 Å². The Kier molecular flexibility index (Phi) is 6.33. The average Bonchev–Trinajstić information content (AvgIpc) is 3.56. The van der Waals surface area contributed by atoms with Crippen LogP contribution in [-0.4, -0.2) is 25.8 Å². The van der Waals surface area contributed by atoms with Gasteiger partial charge in [-0.1, -0.05) is 97.7 Å². The molecule has 1 atom stereocenters. The number of nitrogens with zero attached hydrogens (tertiary/aromatic N) is 4. The van der Waals surface area contributed by atoms with Crippen LogP contribution in [0, 0.1) is 0 Å². The molecule has 5 aromatic rings. The third kappa shape index (κ3) is 4.17. The lowest BCUT2D eigenvalue weighted by Crippen LogP contribution is -2.13. The summed E-state index contributed by atoms with van der Waals surface area (Å²) in [6, 6.07) is 22.3. The quantitative estimate of drug-likeness (QED) is 0.291. The Morgan fingerprint density at radius 2 is 1.62 bits per heavy atom.